The molecule has 2 heteroatoms. The van der Waals surface area contributed by atoms with Crippen LogP contribution in [0, 0.1) is 5.92 Å². The Morgan fingerprint density at radius 1 is 1.27 bits per heavy atom. The summed E-state index contributed by atoms with van der Waals surface area (Å²) in [4.78, 5) is 0. The predicted octanol–water partition coefficient (Wildman–Crippen LogP) is 0.899. The lowest BCUT2D eigenvalue weighted by atomic mass is 10.2. The lowest BCUT2D eigenvalue weighted by Gasteiger charge is -2.10. The predicted molar refractivity (Wildman–Crippen MR) is 44.4 cm³/mol. The zero-order chi connectivity index (χ0) is 7.68. The van der Waals surface area contributed by atoms with Crippen LogP contribution in [-0.2, 0) is 0 Å². The van der Waals surface area contributed by atoms with Crippen molar-refractivity contribution in [3.05, 3.63) is 0 Å². The van der Waals surface area contributed by atoms with Gasteiger partial charge in [-0.25, -0.2) is 0 Å². The first-order valence-electron chi connectivity index (χ1n) is 4.77. The number of hydrogen-bond acceptors (Lipinski definition) is 2. The molecule has 0 bridgehead atoms. The first kappa shape index (κ1) is 7.56. The van der Waals surface area contributed by atoms with Crippen LogP contribution in [0.3, 0.4) is 0 Å². The van der Waals surface area contributed by atoms with Crippen LogP contribution in [0.5, 0.6) is 0 Å². The van der Waals surface area contributed by atoms with Gasteiger partial charge in [0.15, 0.2) is 0 Å². The van der Waals surface area contributed by atoms with Gasteiger partial charge >= 0.3 is 0 Å². The van der Waals surface area contributed by atoms with Gasteiger partial charge in [0.2, 0.25) is 0 Å². The normalized spacial score (nSPS) is 37.9. The van der Waals surface area contributed by atoms with E-state index in [1.165, 1.54) is 32.1 Å². The van der Waals surface area contributed by atoms with Gasteiger partial charge in [0.1, 0.15) is 0 Å². The second-order valence-corrected chi connectivity index (χ2v) is 3.93. The molecule has 0 aromatic rings. The average molecular weight is 155 g/mol. The van der Waals surface area contributed by atoms with Gasteiger partial charge in [-0.05, 0) is 25.2 Å². The zero-order valence-electron chi connectivity index (χ0n) is 6.92. The van der Waals surface area contributed by atoms with Crippen LogP contribution >= 0.6 is 0 Å². The second kappa shape index (κ2) is 3.11. The Morgan fingerprint density at radius 3 is 2.55 bits per heavy atom. The van der Waals surface area contributed by atoms with Crippen molar-refractivity contribution in [2.75, 3.05) is 6.61 Å². The van der Waals surface area contributed by atoms with Crippen molar-refractivity contribution in [2.45, 2.75) is 44.2 Å². The molecule has 0 radical (unpaired) electrons. The van der Waals surface area contributed by atoms with E-state index in [1.54, 1.807) is 0 Å². The molecule has 2 saturated carbocycles. The molecule has 0 spiro atoms. The van der Waals surface area contributed by atoms with Crippen LogP contribution in [-0.4, -0.2) is 23.8 Å². The van der Waals surface area contributed by atoms with Gasteiger partial charge < -0.3 is 10.4 Å². The Kier molecular flexibility index (Phi) is 2.14. The fourth-order valence-corrected chi connectivity index (χ4v) is 2.05. The van der Waals surface area contributed by atoms with Crippen molar-refractivity contribution in [3.8, 4) is 0 Å². The highest BCUT2D eigenvalue weighted by molar-refractivity contribution is 4.95. The summed E-state index contributed by atoms with van der Waals surface area (Å²) in [7, 11) is 0. The largest absolute Gasteiger partial charge is 0.396 e. The topological polar surface area (TPSA) is 32.3 Å². The number of nitrogens with one attached hydrogen (secondary N) is 1. The van der Waals surface area contributed by atoms with Crippen LogP contribution in [0.25, 0.3) is 0 Å². The van der Waals surface area contributed by atoms with E-state index in [0.29, 0.717) is 18.6 Å². The van der Waals surface area contributed by atoms with Crippen molar-refractivity contribution in [1.82, 2.24) is 5.32 Å². The quantitative estimate of drug-likeness (QED) is 0.634. The molecule has 0 aliphatic heterocycles. The van der Waals surface area contributed by atoms with Gasteiger partial charge in [0, 0.05) is 18.7 Å². The van der Waals surface area contributed by atoms with Gasteiger partial charge in [-0.1, -0.05) is 12.8 Å². The van der Waals surface area contributed by atoms with Crippen molar-refractivity contribution >= 4 is 0 Å². The monoisotopic (exact) mass is 155 g/mol. The van der Waals surface area contributed by atoms with E-state index in [-0.39, 0.29) is 0 Å². The van der Waals surface area contributed by atoms with Gasteiger partial charge in [-0.15, -0.1) is 0 Å². The minimum atomic E-state index is 0.379. The maximum atomic E-state index is 8.81. The molecule has 0 saturated heterocycles. The Labute approximate surface area is 68.0 Å². The summed E-state index contributed by atoms with van der Waals surface area (Å²) in [6.07, 6.45) is 6.71. The summed E-state index contributed by atoms with van der Waals surface area (Å²) in [5.41, 5.74) is 0. The standard InChI is InChI=1S/C9H17NO/c11-6-7-5-9(7)10-8-3-1-2-4-8/h7-11H,1-6H2. The second-order valence-electron chi connectivity index (χ2n) is 3.93. The molecule has 2 aliphatic rings. The van der Waals surface area contributed by atoms with Gasteiger partial charge in [0.05, 0.1) is 0 Å². The summed E-state index contributed by atoms with van der Waals surface area (Å²) in [5.74, 6) is 0.579. The molecular weight excluding hydrogens is 138 g/mol. The maximum absolute atomic E-state index is 8.81. The van der Waals surface area contributed by atoms with Crippen LogP contribution in [0.15, 0.2) is 0 Å². The van der Waals surface area contributed by atoms with Crippen molar-refractivity contribution in [3.63, 3.8) is 0 Å². The van der Waals surface area contributed by atoms with E-state index in [2.05, 4.69) is 5.32 Å². The summed E-state index contributed by atoms with van der Waals surface area (Å²) in [6.45, 7) is 0.379. The van der Waals surface area contributed by atoms with Crippen molar-refractivity contribution in [1.29, 1.82) is 0 Å². The smallest absolute Gasteiger partial charge is 0.0474 e. The van der Waals surface area contributed by atoms with Crippen LogP contribution in [0.2, 0.25) is 0 Å². The first-order valence-corrected chi connectivity index (χ1v) is 4.77. The minimum Gasteiger partial charge on any atom is -0.396 e. The van der Waals surface area contributed by atoms with E-state index in [1.807, 2.05) is 0 Å². The summed E-state index contributed by atoms with van der Waals surface area (Å²) in [6, 6.07) is 1.43. The molecule has 0 aromatic carbocycles. The lowest BCUT2D eigenvalue weighted by molar-refractivity contribution is 0.269. The Bertz CT molecular complexity index is 132. The van der Waals surface area contributed by atoms with E-state index in [9.17, 15) is 0 Å². The number of aliphatic hydroxyl groups is 1. The van der Waals surface area contributed by atoms with E-state index in [4.69, 9.17) is 5.11 Å². The number of rotatable bonds is 3. The van der Waals surface area contributed by atoms with Crippen LogP contribution in [0.4, 0.5) is 0 Å². The molecule has 2 unspecified atom stereocenters. The summed E-state index contributed by atoms with van der Waals surface area (Å²) < 4.78 is 0. The van der Waals surface area contributed by atoms with Crippen molar-refractivity contribution in [2.24, 2.45) is 5.92 Å². The highest BCUT2D eigenvalue weighted by Crippen LogP contribution is 2.31. The molecule has 64 valence electrons. The SMILES string of the molecule is OCC1CC1NC1CCCC1. The average Bonchev–Trinajstić information content (AvgIpc) is 2.54. The minimum absolute atomic E-state index is 0.379. The zero-order valence-corrected chi connectivity index (χ0v) is 6.92. The molecule has 2 atom stereocenters. The Balaban J connectivity index is 1.66. The lowest BCUT2D eigenvalue weighted by Crippen LogP contribution is -2.29. The van der Waals surface area contributed by atoms with E-state index >= 15 is 0 Å². The van der Waals surface area contributed by atoms with Crippen molar-refractivity contribution < 1.29 is 5.11 Å². The highest BCUT2D eigenvalue weighted by Gasteiger charge is 2.37. The number of aliphatic hydroxyl groups excluding tert-OH is 1. The molecule has 2 fully saturated rings. The first-order chi connectivity index (χ1) is 5.40. The van der Waals surface area contributed by atoms with Crippen LogP contribution in [0.1, 0.15) is 32.1 Å². The molecule has 2 N–H and O–H groups in total. The van der Waals surface area contributed by atoms with Gasteiger partial charge in [-0.3, -0.25) is 0 Å². The van der Waals surface area contributed by atoms with Gasteiger partial charge in [-0.2, -0.15) is 0 Å². The van der Waals surface area contributed by atoms with E-state index in [0.717, 1.165) is 6.04 Å². The summed E-state index contributed by atoms with van der Waals surface area (Å²) >= 11 is 0. The maximum Gasteiger partial charge on any atom is 0.0474 e. The Hall–Kier alpha value is -0.0800. The third kappa shape index (κ3) is 1.74. The molecule has 0 heterocycles. The molecule has 0 amide bonds. The molecule has 11 heavy (non-hydrogen) atoms. The molecule has 2 nitrogen and oxygen atoms in total. The molecular formula is C9H17NO. The van der Waals surface area contributed by atoms with E-state index < -0.39 is 0 Å². The summed E-state index contributed by atoms with van der Waals surface area (Å²) in [5, 5.41) is 12.4. The highest BCUT2D eigenvalue weighted by atomic mass is 16.3. The molecule has 0 aromatic heterocycles. The molecule has 2 rings (SSSR count). The number of hydrogen-bond donors (Lipinski definition) is 2. The van der Waals surface area contributed by atoms with Gasteiger partial charge in [0.25, 0.3) is 0 Å². The fourth-order valence-electron chi connectivity index (χ4n) is 2.05. The third-order valence-corrected chi connectivity index (χ3v) is 2.96. The fraction of sp³-hybridized carbons (Fsp3) is 1.00. The third-order valence-electron chi connectivity index (χ3n) is 2.96. The Morgan fingerprint density at radius 2 is 2.00 bits per heavy atom. The molecule has 2 aliphatic carbocycles. The van der Waals surface area contributed by atoms with Crippen LogP contribution < -0.4 is 5.32 Å².